The van der Waals surface area contributed by atoms with E-state index >= 15 is 0 Å². The van der Waals surface area contributed by atoms with Crippen LogP contribution < -0.4 is 4.90 Å². The summed E-state index contributed by atoms with van der Waals surface area (Å²) in [5.41, 5.74) is 5.47. The Morgan fingerprint density at radius 1 is 0.958 bits per heavy atom. The fraction of sp³-hybridized carbons (Fsp3) is 0.389. The molecular formula is C18H22N6. The molecular weight excluding hydrogens is 300 g/mol. The molecule has 2 aromatic heterocycles. The Balaban J connectivity index is 1.44. The van der Waals surface area contributed by atoms with Crippen LogP contribution in [0.15, 0.2) is 30.6 Å². The zero-order valence-electron chi connectivity index (χ0n) is 14.2. The predicted octanol–water partition coefficient (Wildman–Crippen LogP) is 2.29. The average molecular weight is 322 g/mol. The van der Waals surface area contributed by atoms with Crippen molar-refractivity contribution in [2.45, 2.75) is 20.4 Å². The van der Waals surface area contributed by atoms with Gasteiger partial charge in [0.25, 0.3) is 0 Å². The van der Waals surface area contributed by atoms with Gasteiger partial charge in [-0.3, -0.25) is 10.00 Å². The first-order valence-corrected chi connectivity index (χ1v) is 8.39. The van der Waals surface area contributed by atoms with E-state index in [2.05, 4.69) is 61.2 Å². The molecule has 6 heteroatoms. The highest BCUT2D eigenvalue weighted by Crippen LogP contribution is 2.23. The standard InChI is InChI=1S/C18H22N6/c1-13-3-5-15(6-4-13)11-23-7-9-24(10-8-23)18-17-16(19-12-20-18)14(2)21-22-17/h3-6,12H,7-11H2,1-2H3,(H,21,22). The molecule has 0 atom stereocenters. The number of hydrogen-bond acceptors (Lipinski definition) is 5. The lowest BCUT2D eigenvalue weighted by molar-refractivity contribution is 0.249. The summed E-state index contributed by atoms with van der Waals surface area (Å²) < 4.78 is 0. The van der Waals surface area contributed by atoms with E-state index in [4.69, 9.17) is 0 Å². The summed E-state index contributed by atoms with van der Waals surface area (Å²) in [6.45, 7) is 9.11. The topological polar surface area (TPSA) is 60.9 Å². The van der Waals surface area contributed by atoms with Crippen molar-refractivity contribution in [3.63, 3.8) is 0 Å². The lowest BCUT2D eigenvalue weighted by Gasteiger charge is -2.35. The Hall–Kier alpha value is -2.47. The number of piperazine rings is 1. The van der Waals surface area contributed by atoms with Crippen molar-refractivity contribution in [2.24, 2.45) is 0 Å². The first-order valence-electron chi connectivity index (χ1n) is 8.39. The van der Waals surface area contributed by atoms with Gasteiger partial charge in [0.2, 0.25) is 0 Å². The van der Waals surface area contributed by atoms with Crippen molar-refractivity contribution in [1.29, 1.82) is 0 Å². The third-order valence-corrected chi connectivity index (χ3v) is 4.69. The number of H-pyrrole nitrogens is 1. The summed E-state index contributed by atoms with van der Waals surface area (Å²) in [5.74, 6) is 0.944. The lowest BCUT2D eigenvalue weighted by Crippen LogP contribution is -2.46. The minimum atomic E-state index is 0.877. The molecule has 0 radical (unpaired) electrons. The summed E-state index contributed by atoms with van der Waals surface area (Å²) in [6, 6.07) is 8.82. The van der Waals surface area contributed by atoms with Gasteiger partial charge in [-0.25, -0.2) is 9.97 Å². The molecule has 0 saturated carbocycles. The molecule has 1 saturated heterocycles. The molecule has 1 aliphatic heterocycles. The van der Waals surface area contributed by atoms with Gasteiger partial charge < -0.3 is 4.90 Å². The van der Waals surface area contributed by atoms with Crippen molar-refractivity contribution in [3.8, 4) is 0 Å². The number of nitrogens with one attached hydrogen (secondary N) is 1. The molecule has 0 unspecified atom stereocenters. The molecule has 0 aliphatic carbocycles. The SMILES string of the molecule is Cc1ccc(CN2CCN(c3ncnc4c(C)[nH]nc34)CC2)cc1. The van der Waals surface area contributed by atoms with Gasteiger partial charge in [-0.1, -0.05) is 29.8 Å². The van der Waals surface area contributed by atoms with Gasteiger partial charge in [0.1, 0.15) is 11.8 Å². The van der Waals surface area contributed by atoms with Crippen LogP contribution in [0.25, 0.3) is 11.0 Å². The Morgan fingerprint density at radius 2 is 1.71 bits per heavy atom. The molecule has 4 rings (SSSR count). The first-order chi connectivity index (χ1) is 11.7. The zero-order valence-corrected chi connectivity index (χ0v) is 14.2. The molecule has 6 nitrogen and oxygen atoms in total. The summed E-state index contributed by atoms with van der Waals surface area (Å²) in [5, 5.41) is 7.40. The molecule has 3 heterocycles. The van der Waals surface area contributed by atoms with Crippen molar-refractivity contribution in [1.82, 2.24) is 25.1 Å². The maximum absolute atomic E-state index is 4.48. The molecule has 3 aromatic rings. The van der Waals surface area contributed by atoms with E-state index in [1.807, 2.05) is 6.92 Å². The van der Waals surface area contributed by atoms with Crippen molar-refractivity contribution < 1.29 is 0 Å². The number of benzene rings is 1. The van der Waals surface area contributed by atoms with Crippen LogP contribution in [0.4, 0.5) is 5.82 Å². The number of aromatic amines is 1. The van der Waals surface area contributed by atoms with Crippen LogP contribution in [-0.4, -0.2) is 51.2 Å². The highest BCUT2D eigenvalue weighted by Gasteiger charge is 2.21. The smallest absolute Gasteiger partial charge is 0.160 e. The highest BCUT2D eigenvalue weighted by atomic mass is 15.3. The summed E-state index contributed by atoms with van der Waals surface area (Å²) in [7, 11) is 0. The second kappa shape index (κ2) is 6.20. The van der Waals surface area contributed by atoms with Gasteiger partial charge in [0.15, 0.2) is 11.3 Å². The van der Waals surface area contributed by atoms with E-state index in [1.165, 1.54) is 11.1 Å². The van der Waals surface area contributed by atoms with Gasteiger partial charge in [0.05, 0.1) is 5.69 Å². The molecule has 0 amide bonds. The van der Waals surface area contributed by atoms with Crippen LogP contribution >= 0.6 is 0 Å². The summed E-state index contributed by atoms with van der Waals surface area (Å²) in [4.78, 5) is 13.6. The number of aryl methyl sites for hydroxylation is 2. The summed E-state index contributed by atoms with van der Waals surface area (Å²) >= 11 is 0. The van der Waals surface area contributed by atoms with Crippen LogP contribution in [0.2, 0.25) is 0 Å². The van der Waals surface area contributed by atoms with Crippen molar-refractivity contribution >= 4 is 16.9 Å². The predicted molar refractivity (Wildman–Crippen MR) is 95.1 cm³/mol. The molecule has 1 fully saturated rings. The minimum absolute atomic E-state index is 0.877. The third-order valence-electron chi connectivity index (χ3n) is 4.69. The molecule has 1 aromatic carbocycles. The van der Waals surface area contributed by atoms with E-state index in [0.717, 1.165) is 55.3 Å². The van der Waals surface area contributed by atoms with Crippen LogP contribution in [0, 0.1) is 13.8 Å². The molecule has 0 spiro atoms. The number of hydrogen-bond donors (Lipinski definition) is 1. The fourth-order valence-electron chi connectivity index (χ4n) is 3.24. The van der Waals surface area contributed by atoms with E-state index in [-0.39, 0.29) is 0 Å². The van der Waals surface area contributed by atoms with Gasteiger partial charge in [-0.2, -0.15) is 5.10 Å². The Kier molecular flexibility index (Phi) is 3.90. The van der Waals surface area contributed by atoms with Crippen LogP contribution in [0.3, 0.4) is 0 Å². The number of anilines is 1. The zero-order chi connectivity index (χ0) is 16.5. The quantitative estimate of drug-likeness (QED) is 0.802. The lowest BCUT2D eigenvalue weighted by atomic mass is 10.1. The number of nitrogens with zero attached hydrogens (tertiary/aromatic N) is 5. The van der Waals surface area contributed by atoms with Gasteiger partial charge in [0, 0.05) is 32.7 Å². The average Bonchev–Trinajstić information content (AvgIpc) is 2.99. The second-order valence-electron chi connectivity index (χ2n) is 6.49. The highest BCUT2D eigenvalue weighted by molar-refractivity contribution is 5.86. The van der Waals surface area contributed by atoms with Gasteiger partial charge in [-0.15, -0.1) is 0 Å². The van der Waals surface area contributed by atoms with Gasteiger partial charge in [-0.05, 0) is 19.4 Å². The number of fused-ring (bicyclic) bond motifs is 1. The molecule has 0 bridgehead atoms. The van der Waals surface area contributed by atoms with Crippen LogP contribution in [0.5, 0.6) is 0 Å². The maximum atomic E-state index is 4.48. The number of rotatable bonds is 3. The largest absolute Gasteiger partial charge is 0.352 e. The van der Waals surface area contributed by atoms with E-state index in [0.29, 0.717) is 0 Å². The Bertz CT molecular complexity index is 830. The minimum Gasteiger partial charge on any atom is -0.352 e. The monoisotopic (exact) mass is 322 g/mol. The van der Waals surface area contributed by atoms with E-state index in [1.54, 1.807) is 6.33 Å². The van der Waals surface area contributed by atoms with Crippen molar-refractivity contribution in [3.05, 3.63) is 47.4 Å². The fourth-order valence-corrected chi connectivity index (χ4v) is 3.24. The number of aromatic nitrogens is 4. The van der Waals surface area contributed by atoms with Crippen molar-refractivity contribution in [2.75, 3.05) is 31.1 Å². The molecule has 1 N–H and O–H groups in total. The maximum Gasteiger partial charge on any atom is 0.160 e. The first kappa shape index (κ1) is 15.1. The molecule has 24 heavy (non-hydrogen) atoms. The Morgan fingerprint density at radius 3 is 2.46 bits per heavy atom. The van der Waals surface area contributed by atoms with Gasteiger partial charge >= 0.3 is 0 Å². The Labute approximate surface area is 141 Å². The summed E-state index contributed by atoms with van der Waals surface area (Å²) in [6.07, 6.45) is 1.64. The third kappa shape index (κ3) is 2.85. The van der Waals surface area contributed by atoms with E-state index in [9.17, 15) is 0 Å². The normalized spacial score (nSPS) is 16.0. The molecule has 124 valence electrons. The second-order valence-corrected chi connectivity index (χ2v) is 6.49. The van der Waals surface area contributed by atoms with E-state index < -0.39 is 0 Å². The van der Waals surface area contributed by atoms with Crippen LogP contribution in [0.1, 0.15) is 16.8 Å². The molecule has 1 aliphatic rings. The van der Waals surface area contributed by atoms with Crippen LogP contribution in [-0.2, 0) is 6.54 Å².